The highest BCUT2D eigenvalue weighted by Crippen LogP contribution is 2.45. The fraction of sp³-hybridized carbons (Fsp3) is 0.625. The highest BCUT2D eigenvalue weighted by atomic mass is 16.6. The third-order valence-corrected chi connectivity index (χ3v) is 5.24. The first-order valence-corrected chi connectivity index (χ1v) is 11.0. The molecule has 0 radical (unpaired) electrons. The Hall–Kier alpha value is -2.57. The standard InChI is InChI=1S/C24H35NO6/c1-5-29-21(27)17-24(12-6-7-13-24)16-20(26)18-8-10-19(11-9-18)30-15-14-25-22(28)31-23(2,3)4/h8-11H,5-7,12-17H2,1-4H3,(H,25,28). The molecule has 2 rings (SSSR count). The number of amides is 1. The van der Waals surface area contributed by atoms with Crippen molar-refractivity contribution in [3.8, 4) is 5.75 Å². The Kier molecular flexibility index (Phi) is 8.89. The molecule has 0 bridgehead atoms. The van der Waals surface area contributed by atoms with Gasteiger partial charge in [-0.2, -0.15) is 0 Å². The Morgan fingerprint density at radius 1 is 1.03 bits per heavy atom. The van der Waals surface area contributed by atoms with Gasteiger partial charge in [-0.3, -0.25) is 9.59 Å². The van der Waals surface area contributed by atoms with Gasteiger partial charge in [-0.25, -0.2) is 4.79 Å². The lowest BCUT2D eigenvalue weighted by Crippen LogP contribution is -2.34. The number of rotatable bonds is 10. The first-order valence-electron chi connectivity index (χ1n) is 11.0. The second-order valence-electron chi connectivity index (χ2n) is 9.09. The van der Waals surface area contributed by atoms with E-state index in [9.17, 15) is 14.4 Å². The van der Waals surface area contributed by atoms with Gasteiger partial charge in [0.1, 0.15) is 18.0 Å². The van der Waals surface area contributed by atoms with Crippen molar-refractivity contribution in [3.05, 3.63) is 29.8 Å². The number of carbonyl (C=O) groups is 3. The maximum Gasteiger partial charge on any atom is 0.407 e. The van der Waals surface area contributed by atoms with Gasteiger partial charge in [-0.1, -0.05) is 12.8 Å². The minimum absolute atomic E-state index is 0.0318. The molecular weight excluding hydrogens is 398 g/mol. The predicted octanol–water partition coefficient (Wildman–Crippen LogP) is 4.68. The van der Waals surface area contributed by atoms with E-state index in [1.165, 1.54) is 0 Å². The molecule has 0 aromatic heterocycles. The van der Waals surface area contributed by atoms with Crippen LogP contribution in [0.15, 0.2) is 24.3 Å². The van der Waals surface area contributed by atoms with Gasteiger partial charge >= 0.3 is 12.1 Å². The van der Waals surface area contributed by atoms with E-state index < -0.39 is 11.7 Å². The number of Topliss-reactive ketones (excluding diaryl/α,β-unsaturated/α-hetero) is 1. The summed E-state index contributed by atoms with van der Waals surface area (Å²) in [5.74, 6) is 0.426. The van der Waals surface area contributed by atoms with Gasteiger partial charge in [0.25, 0.3) is 0 Å². The van der Waals surface area contributed by atoms with Crippen LogP contribution in [-0.2, 0) is 14.3 Å². The molecule has 1 aromatic carbocycles. The Bertz CT molecular complexity index is 744. The number of hydrogen-bond donors (Lipinski definition) is 1. The van der Waals surface area contributed by atoms with Gasteiger partial charge in [0, 0.05) is 12.0 Å². The first-order chi connectivity index (χ1) is 14.6. The molecule has 7 nitrogen and oxygen atoms in total. The van der Waals surface area contributed by atoms with Crippen LogP contribution in [0.3, 0.4) is 0 Å². The topological polar surface area (TPSA) is 90.9 Å². The summed E-state index contributed by atoms with van der Waals surface area (Å²) in [5, 5.41) is 2.63. The van der Waals surface area contributed by atoms with Gasteiger partial charge in [0.05, 0.1) is 19.6 Å². The lowest BCUT2D eigenvalue weighted by atomic mass is 9.77. The van der Waals surface area contributed by atoms with Gasteiger partial charge in [-0.05, 0) is 70.2 Å². The third kappa shape index (κ3) is 8.59. The van der Waals surface area contributed by atoms with E-state index in [0.29, 0.717) is 37.3 Å². The quantitative estimate of drug-likeness (QED) is 0.327. The summed E-state index contributed by atoms with van der Waals surface area (Å²) in [6, 6.07) is 6.97. The van der Waals surface area contributed by atoms with Crippen LogP contribution in [-0.4, -0.2) is 43.2 Å². The van der Waals surface area contributed by atoms with Crippen molar-refractivity contribution < 1.29 is 28.6 Å². The number of alkyl carbamates (subject to hydrolysis) is 1. The van der Waals surface area contributed by atoms with Crippen molar-refractivity contribution >= 4 is 17.8 Å². The highest BCUT2D eigenvalue weighted by Gasteiger charge is 2.38. The molecule has 1 aliphatic carbocycles. The molecule has 1 saturated carbocycles. The van der Waals surface area contributed by atoms with Crippen LogP contribution in [0, 0.1) is 5.41 Å². The highest BCUT2D eigenvalue weighted by molar-refractivity contribution is 5.96. The molecule has 0 spiro atoms. The van der Waals surface area contributed by atoms with Crippen LogP contribution in [0.2, 0.25) is 0 Å². The molecule has 1 aliphatic rings. The minimum atomic E-state index is -0.541. The van der Waals surface area contributed by atoms with E-state index in [1.807, 2.05) is 0 Å². The third-order valence-electron chi connectivity index (χ3n) is 5.24. The van der Waals surface area contributed by atoms with E-state index in [2.05, 4.69) is 5.32 Å². The van der Waals surface area contributed by atoms with Crippen molar-refractivity contribution in [2.75, 3.05) is 19.8 Å². The van der Waals surface area contributed by atoms with E-state index in [1.54, 1.807) is 52.0 Å². The van der Waals surface area contributed by atoms with Crippen molar-refractivity contribution in [1.82, 2.24) is 5.32 Å². The molecule has 7 heteroatoms. The largest absolute Gasteiger partial charge is 0.492 e. The summed E-state index contributed by atoms with van der Waals surface area (Å²) >= 11 is 0. The van der Waals surface area contributed by atoms with Crippen LogP contribution in [0.4, 0.5) is 4.79 Å². The number of hydrogen-bond acceptors (Lipinski definition) is 6. The number of ketones is 1. The average Bonchev–Trinajstić information content (AvgIpc) is 3.12. The molecule has 0 unspecified atom stereocenters. The lowest BCUT2D eigenvalue weighted by Gasteiger charge is -2.27. The number of esters is 1. The van der Waals surface area contributed by atoms with Crippen LogP contribution in [0.1, 0.15) is 76.6 Å². The predicted molar refractivity (Wildman–Crippen MR) is 117 cm³/mol. The fourth-order valence-corrected chi connectivity index (χ4v) is 3.88. The average molecular weight is 434 g/mol. The maximum absolute atomic E-state index is 12.9. The van der Waals surface area contributed by atoms with Gasteiger partial charge in [-0.15, -0.1) is 0 Å². The molecule has 31 heavy (non-hydrogen) atoms. The molecule has 1 aromatic rings. The Morgan fingerprint density at radius 2 is 1.68 bits per heavy atom. The summed E-state index contributed by atoms with van der Waals surface area (Å²) in [4.78, 5) is 36.5. The summed E-state index contributed by atoms with van der Waals surface area (Å²) in [7, 11) is 0. The van der Waals surface area contributed by atoms with E-state index in [0.717, 1.165) is 25.7 Å². The van der Waals surface area contributed by atoms with Crippen molar-refractivity contribution in [1.29, 1.82) is 0 Å². The lowest BCUT2D eigenvalue weighted by molar-refractivity contribution is -0.145. The number of nitrogens with one attached hydrogen (secondary N) is 1. The smallest absolute Gasteiger partial charge is 0.407 e. The molecule has 0 atom stereocenters. The monoisotopic (exact) mass is 433 g/mol. The molecule has 1 fully saturated rings. The Balaban J connectivity index is 1.83. The zero-order valence-electron chi connectivity index (χ0n) is 19.1. The fourth-order valence-electron chi connectivity index (χ4n) is 3.88. The van der Waals surface area contributed by atoms with E-state index in [4.69, 9.17) is 14.2 Å². The molecule has 172 valence electrons. The van der Waals surface area contributed by atoms with Crippen molar-refractivity contribution in [2.45, 2.75) is 71.8 Å². The second kappa shape index (κ2) is 11.2. The molecular formula is C24H35NO6. The van der Waals surface area contributed by atoms with Crippen LogP contribution < -0.4 is 10.1 Å². The SMILES string of the molecule is CCOC(=O)CC1(CC(=O)c2ccc(OCCNC(=O)OC(C)(C)C)cc2)CCCC1. The van der Waals surface area contributed by atoms with Gasteiger partial charge < -0.3 is 19.5 Å². The van der Waals surface area contributed by atoms with E-state index in [-0.39, 0.29) is 23.8 Å². The number of benzene rings is 1. The van der Waals surface area contributed by atoms with Crippen LogP contribution in [0.25, 0.3) is 0 Å². The Labute approximate surface area is 184 Å². The molecule has 0 aliphatic heterocycles. The zero-order chi connectivity index (χ0) is 22.9. The minimum Gasteiger partial charge on any atom is -0.492 e. The van der Waals surface area contributed by atoms with Crippen LogP contribution in [0.5, 0.6) is 5.75 Å². The zero-order valence-corrected chi connectivity index (χ0v) is 19.1. The van der Waals surface area contributed by atoms with Crippen molar-refractivity contribution in [3.63, 3.8) is 0 Å². The number of ether oxygens (including phenoxy) is 3. The maximum atomic E-state index is 12.9. The Morgan fingerprint density at radius 3 is 2.26 bits per heavy atom. The van der Waals surface area contributed by atoms with E-state index >= 15 is 0 Å². The normalized spacial score (nSPS) is 15.2. The number of carbonyl (C=O) groups excluding carboxylic acids is 3. The molecule has 0 heterocycles. The summed E-state index contributed by atoms with van der Waals surface area (Å²) in [5.41, 5.74) is -0.221. The molecule has 0 saturated heterocycles. The van der Waals surface area contributed by atoms with Crippen LogP contribution >= 0.6 is 0 Å². The summed E-state index contributed by atoms with van der Waals surface area (Å²) in [6.07, 6.45) is 4.01. The second-order valence-corrected chi connectivity index (χ2v) is 9.09. The molecule has 1 N–H and O–H groups in total. The molecule has 1 amide bonds. The van der Waals surface area contributed by atoms with Gasteiger partial charge in [0.2, 0.25) is 0 Å². The van der Waals surface area contributed by atoms with Gasteiger partial charge in [0.15, 0.2) is 5.78 Å². The van der Waals surface area contributed by atoms with Crippen molar-refractivity contribution in [2.24, 2.45) is 5.41 Å². The first kappa shape index (κ1) is 24.7. The summed E-state index contributed by atoms with van der Waals surface area (Å²) < 4.78 is 15.9. The summed E-state index contributed by atoms with van der Waals surface area (Å²) in [6.45, 7) is 8.16.